The van der Waals surface area contributed by atoms with Crippen LogP contribution in [-0.4, -0.2) is 23.8 Å². The highest BCUT2D eigenvalue weighted by atomic mass is 35.5. The highest BCUT2D eigenvalue weighted by Crippen LogP contribution is 2.26. The van der Waals surface area contributed by atoms with Gasteiger partial charge in [0.15, 0.2) is 0 Å². The molecule has 0 spiro atoms. The third kappa shape index (κ3) is 2.26. The Morgan fingerprint density at radius 2 is 1.90 bits per heavy atom. The molecule has 1 aliphatic heterocycles. The number of halogens is 1. The summed E-state index contributed by atoms with van der Waals surface area (Å²) in [6, 6.07) is 14.8. The molecule has 0 atom stereocenters. The molecule has 4 nitrogen and oxygen atoms in total. The minimum absolute atomic E-state index is 0.278. The lowest BCUT2D eigenvalue weighted by Crippen LogP contribution is -2.25. The standard InChI is InChI=1S/C15H12ClN3O/c1-19-15(20)17-13-8-7-11(16)9-12(13)14(18-19)10-5-3-2-4-6-10/h2-9H,1H3,(H,17,20). The molecule has 20 heavy (non-hydrogen) atoms. The zero-order chi connectivity index (χ0) is 14.1. The lowest BCUT2D eigenvalue weighted by molar-refractivity contribution is 0.225. The summed E-state index contributed by atoms with van der Waals surface area (Å²) in [5.41, 5.74) is 3.15. The van der Waals surface area contributed by atoms with E-state index in [2.05, 4.69) is 10.4 Å². The number of nitrogens with one attached hydrogen (secondary N) is 1. The molecule has 1 heterocycles. The summed E-state index contributed by atoms with van der Waals surface area (Å²) < 4.78 is 0. The molecule has 2 aromatic rings. The SMILES string of the molecule is CN1N=C(c2ccccc2)c2cc(Cl)ccc2NC1=O. The van der Waals surface area contributed by atoms with Crippen molar-refractivity contribution in [2.45, 2.75) is 0 Å². The number of hydrogen-bond donors (Lipinski definition) is 1. The number of carbonyl (C=O) groups excluding carboxylic acids is 1. The van der Waals surface area contributed by atoms with Crippen molar-refractivity contribution >= 4 is 29.0 Å². The molecule has 0 radical (unpaired) electrons. The lowest BCUT2D eigenvalue weighted by Gasteiger charge is -2.09. The van der Waals surface area contributed by atoms with Gasteiger partial charge < -0.3 is 5.32 Å². The van der Waals surface area contributed by atoms with Gasteiger partial charge in [-0.2, -0.15) is 5.10 Å². The van der Waals surface area contributed by atoms with Crippen molar-refractivity contribution in [1.82, 2.24) is 5.01 Å². The molecule has 0 bridgehead atoms. The molecule has 2 amide bonds. The van der Waals surface area contributed by atoms with Crippen molar-refractivity contribution in [2.24, 2.45) is 5.10 Å². The van der Waals surface area contributed by atoms with Gasteiger partial charge in [-0.3, -0.25) is 0 Å². The average molecular weight is 286 g/mol. The summed E-state index contributed by atoms with van der Waals surface area (Å²) >= 11 is 6.07. The largest absolute Gasteiger partial charge is 0.342 e. The minimum Gasteiger partial charge on any atom is -0.306 e. The van der Waals surface area contributed by atoms with Gasteiger partial charge in [-0.1, -0.05) is 41.9 Å². The molecule has 1 aliphatic rings. The van der Waals surface area contributed by atoms with E-state index in [0.717, 1.165) is 11.1 Å². The molecule has 0 aromatic heterocycles. The molecule has 1 N–H and O–H groups in total. The second-order valence-electron chi connectivity index (χ2n) is 4.46. The predicted molar refractivity (Wildman–Crippen MR) is 80.3 cm³/mol. The Kier molecular flexibility index (Phi) is 3.16. The first-order chi connectivity index (χ1) is 9.65. The van der Waals surface area contributed by atoms with Crippen LogP contribution in [0.15, 0.2) is 53.6 Å². The van der Waals surface area contributed by atoms with E-state index in [1.807, 2.05) is 36.4 Å². The van der Waals surface area contributed by atoms with E-state index in [-0.39, 0.29) is 6.03 Å². The maximum Gasteiger partial charge on any atom is 0.342 e. The van der Waals surface area contributed by atoms with Crippen molar-refractivity contribution < 1.29 is 4.79 Å². The molecular weight excluding hydrogens is 274 g/mol. The fourth-order valence-electron chi connectivity index (χ4n) is 2.08. The van der Waals surface area contributed by atoms with Crippen LogP contribution in [0.5, 0.6) is 0 Å². The van der Waals surface area contributed by atoms with Crippen molar-refractivity contribution in [3.8, 4) is 0 Å². The van der Waals surface area contributed by atoms with E-state index in [9.17, 15) is 4.79 Å². The average Bonchev–Trinajstić information content (AvgIpc) is 2.58. The number of urea groups is 1. The van der Waals surface area contributed by atoms with Crippen LogP contribution < -0.4 is 5.32 Å². The number of fused-ring (bicyclic) bond motifs is 1. The Morgan fingerprint density at radius 3 is 2.65 bits per heavy atom. The van der Waals surface area contributed by atoms with Gasteiger partial charge in [0.25, 0.3) is 0 Å². The first-order valence-electron chi connectivity index (χ1n) is 6.14. The predicted octanol–water partition coefficient (Wildman–Crippen LogP) is 3.57. The summed E-state index contributed by atoms with van der Waals surface area (Å²) in [5, 5.41) is 9.09. The first kappa shape index (κ1) is 12.7. The van der Waals surface area contributed by atoms with E-state index in [1.165, 1.54) is 5.01 Å². The van der Waals surface area contributed by atoms with Crippen LogP contribution in [-0.2, 0) is 0 Å². The minimum atomic E-state index is -0.278. The van der Waals surface area contributed by atoms with E-state index >= 15 is 0 Å². The van der Waals surface area contributed by atoms with Crippen molar-refractivity contribution in [1.29, 1.82) is 0 Å². The lowest BCUT2D eigenvalue weighted by atomic mass is 10.0. The Bertz CT molecular complexity index is 698. The molecular formula is C15H12ClN3O. The topological polar surface area (TPSA) is 44.7 Å². The molecule has 0 aliphatic carbocycles. The molecule has 2 aromatic carbocycles. The number of amides is 2. The summed E-state index contributed by atoms with van der Waals surface area (Å²) in [6.45, 7) is 0. The smallest absolute Gasteiger partial charge is 0.306 e. The maximum atomic E-state index is 11.9. The van der Waals surface area contributed by atoms with Gasteiger partial charge in [0.1, 0.15) is 5.71 Å². The monoisotopic (exact) mass is 285 g/mol. The fourth-order valence-corrected chi connectivity index (χ4v) is 2.25. The maximum absolute atomic E-state index is 11.9. The molecule has 100 valence electrons. The van der Waals surface area contributed by atoms with Gasteiger partial charge in [-0.15, -0.1) is 0 Å². The van der Waals surface area contributed by atoms with Gasteiger partial charge in [-0.25, -0.2) is 9.80 Å². The number of carbonyl (C=O) groups is 1. The normalized spacial score (nSPS) is 14.2. The van der Waals surface area contributed by atoms with E-state index in [0.29, 0.717) is 16.4 Å². The number of rotatable bonds is 1. The Hall–Kier alpha value is -2.33. The molecule has 0 unspecified atom stereocenters. The Labute approximate surface area is 121 Å². The van der Waals surface area contributed by atoms with Crippen molar-refractivity contribution in [3.63, 3.8) is 0 Å². The van der Waals surface area contributed by atoms with Crippen LogP contribution in [0, 0.1) is 0 Å². The van der Waals surface area contributed by atoms with Gasteiger partial charge in [0.05, 0.1) is 5.69 Å². The van der Waals surface area contributed by atoms with Crippen LogP contribution in [0.2, 0.25) is 5.02 Å². The van der Waals surface area contributed by atoms with Gasteiger partial charge >= 0.3 is 6.03 Å². The number of hydrogen-bond acceptors (Lipinski definition) is 2. The zero-order valence-electron chi connectivity index (χ0n) is 10.8. The summed E-state index contributed by atoms with van der Waals surface area (Å²) in [4.78, 5) is 11.9. The van der Waals surface area contributed by atoms with Crippen LogP contribution in [0.1, 0.15) is 11.1 Å². The molecule has 0 fully saturated rings. The molecule has 0 saturated heterocycles. The number of hydrazone groups is 1. The van der Waals surface area contributed by atoms with Crippen molar-refractivity contribution in [2.75, 3.05) is 12.4 Å². The molecule has 3 rings (SSSR count). The summed E-state index contributed by atoms with van der Waals surface area (Å²) in [7, 11) is 1.62. The van der Waals surface area contributed by atoms with Crippen LogP contribution >= 0.6 is 11.6 Å². The number of nitrogens with zero attached hydrogens (tertiary/aromatic N) is 2. The van der Waals surface area contributed by atoms with Gasteiger partial charge in [0.2, 0.25) is 0 Å². The Balaban J connectivity index is 2.23. The zero-order valence-corrected chi connectivity index (χ0v) is 11.6. The van der Waals surface area contributed by atoms with Crippen molar-refractivity contribution in [3.05, 3.63) is 64.7 Å². The van der Waals surface area contributed by atoms with Gasteiger partial charge in [-0.05, 0) is 18.2 Å². The fraction of sp³-hybridized carbons (Fsp3) is 0.0667. The summed E-state index contributed by atoms with van der Waals surface area (Å²) in [6.07, 6.45) is 0. The van der Waals surface area contributed by atoms with Crippen LogP contribution in [0.25, 0.3) is 0 Å². The quantitative estimate of drug-likeness (QED) is 0.855. The third-order valence-corrected chi connectivity index (χ3v) is 3.30. The van der Waals surface area contributed by atoms with E-state index < -0.39 is 0 Å². The van der Waals surface area contributed by atoms with Crippen LogP contribution in [0.4, 0.5) is 10.5 Å². The number of benzene rings is 2. The second kappa shape index (κ2) is 4.98. The van der Waals surface area contributed by atoms with Crippen LogP contribution in [0.3, 0.4) is 0 Å². The Morgan fingerprint density at radius 1 is 1.15 bits per heavy atom. The molecule has 5 heteroatoms. The molecule has 0 saturated carbocycles. The first-order valence-corrected chi connectivity index (χ1v) is 6.51. The van der Waals surface area contributed by atoms with E-state index in [1.54, 1.807) is 19.2 Å². The van der Waals surface area contributed by atoms with E-state index in [4.69, 9.17) is 11.6 Å². The highest BCUT2D eigenvalue weighted by molar-refractivity contribution is 6.31. The highest BCUT2D eigenvalue weighted by Gasteiger charge is 2.21. The van der Waals surface area contributed by atoms with Gasteiger partial charge in [0, 0.05) is 23.2 Å². The second-order valence-corrected chi connectivity index (χ2v) is 4.89. The summed E-state index contributed by atoms with van der Waals surface area (Å²) in [5.74, 6) is 0. The third-order valence-electron chi connectivity index (χ3n) is 3.07. The number of anilines is 1.